The topological polar surface area (TPSA) is 79.2 Å². The Morgan fingerprint density at radius 3 is 2.19 bits per heavy atom. The van der Waals surface area contributed by atoms with Gasteiger partial charge in [-0.2, -0.15) is 0 Å². The second-order valence-corrected chi connectivity index (χ2v) is 7.32. The Hall–Kier alpha value is -0.460. The molecule has 0 aliphatic carbocycles. The van der Waals surface area contributed by atoms with Crippen molar-refractivity contribution in [1.82, 2.24) is 0 Å². The van der Waals surface area contributed by atoms with E-state index in [0.29, 0.717) is 6.61 Å². The summed E-state index contributed by atoms with van der Waals surface area (Å²) in [6.45, 7) is 2.51. The lowest BCUT2D eigenvalue weighted by Gasteiger charge is -2.37. The van der Waals surface area contributed by atoms with E-state index in [1.165, 1.54) is 57.8 Å². The summed E-state index contributed by atoms with van der Waals surface area (Å²) in [5, 5.41) is 28.9. The monoisotopic (exact) mass is 372 g/mol. The molecule has 1 aliphatic rings. The molecular formula is C21H40O5. The molecule has 3 N–H and O–H groups in total. The van der Waals surface area contributed by atoms with Crippen molar-refractivity contribution < 1.29 is 24.8 Å². The summed E-state index contributed by atoms with van der Waals surface area (Å²) in [6.07, 6.45) is 15.1. The van der Waals surface area contributed by atoms with Gasteiger partial charge in [-0.1, -0.05) is 70.4 Å². The molecule has 1 heterocycles. The Morgan fingerprint density at radius 2 is 1.54 bits per heavy atom. The molecule has 0 bridgehead atoms. The Balaban J connectivity index is 1.97. The van der Waals surface area contributed by atoms with Gasteiger partial charge in [-0.15, -0.1) is 0 Å². The minimum absolute atomic E-state index is 0.0326. The molecule has 154 valence electrons. The number of aliphatic hydroxyl groups is 3. The quantitative estimate of drug-likeness (QED) is 0.303. The first-order valence-electron chi connectivity index (χ1n) is 10.6. The predicted molar refractivity (Wildman–Crippen MR) is 104 cm³/mol. The van der Waals surface area contributed by atoms with Gasteiger partial charge in [0.2, 0.25) is 0 Å². The molecular weight excluding hydrogens is 332 g/mol. The molecule has 0 amide bonds. The molecule has 1 saturated heterocycles. The minimum Gasteiger partial charge on any atom is -0.394 e. The van der Waals surface area contributed by atoms with Crippen LogP contribution >= 0.6 is 0 Å². The van der Waals surface area contributed by atoms with E-state index in [4.69, 9.17) is 9.47 Å². The molecule has 0 unspecified atom stereocenters. The van der Waals surface area contributed by atoms with E-state index in [2.05, 4.69) is 19.1 Å². The van der Waals surface area contributed by atoms with Crippen LogP contribution in [-0.2, 0) is 9.47 Å². The zero-order valence-corrected chi connectivity index (χ0v) is 16.5. The molecule has 5 heteroatoms. The highest BCUT2D eigenvalue weighted by atomic mass is 16.6. The van der Waals surface area contributed by atoms with E-state index >= 15 is 0 Å². The summed E-state index contributed by atoms with van der Waals surface area (Å²) in [5.41, 5.74) is 0. The molecule has 4 atom stereocenters. The number of rotatable bonds is 15. The summed E-state index contributed by atoms with van der Waals surface area (Å²) >= 11 is 0. The summed E-state index contributed by atoms with van der Waals surface area (Å²) < 4.78 is 10.9. The Kier molecular flexibility index (Phi) is 14.1. The average molecular weight is 373 g/mol. The van der Waals surface area contributed by atoms with Gasteiger partial charge in [0.15, 0.2) is 0 Å². The third kappa shape index (κ3) is 10.0. The van der Waals surface area contributed by atoms with Crippen LogP contribution in [0, 0.1) is 0 Å². The first kappa shape index (κ1) is 23.6. The van der Waals surface area contributed by atoms with Crippen LogP contribution in [-0.4, -0.2) is 59.6 Å². The molecule has 1 fully saturated rings. The first-order chi connectivity index (χ1) is 12.7. The highest BCUT2D eigenvalue weighted by Crippen LogP contribution is 2.19. The van der Waals surface area contributed by atoms with Crippen molar-refractivity contribution in [2.75, 3.05) is 19.8 Å². The molecule has 1 rings (SSSR count). The van der Waals surface area contributed by atoms with Gasteiger partial charge in [0, 0.05) is 0 Å². The van der Waals surface area contributed by atoms with E-state index in [1.807, 2.05) is 0 Å². The zero-order chi connectivity index (χ0) is 19.0. The maximum atomic E-state index is 9.96. The van der Waals surface area contributed by atoms with Crippen molar-refractivity contribution in [2.45, 2.75) is 102 Å². The van der Waals surface area contributed by atoms with Crippen molar-refractivity contribution in [2.24, 2.45) is 0 Å². The summed E-state index contributed by atoms with van der Waals surface area (Å²) in [7, 11) is 0. The molecule has 0 saturated carbocycles. The summed E-state index contributed by atoms with van der Waals surface area (Å²) in [4.78, 5) is 0. The zero-order valence-electron chi connectivity index (χ0n) is 16.5. The van der Waals surface area contributed by atoms with Gasteiger partial charge in [0.05, 0.1) is 19.8 Å². The molecule has 0 aromatic heterocycles. The third-order valence-corrected chi connectivity index (χ3v) is 4.99. The van der Waals surface area contributed by atoms with Gasteiger partial charge in [-0.05, 0) is 19.3 Å². The Labute approximate surface area is 159 Å². The smallest absolute Gasteiger partial charge is 0.114 e. The molecule has 0 aromatic carbocycles. The van der Waals surface area contributed by atoms with Crippen molar-refractivity contribution in [1.29, 1.82) is 0 Å². The van der Waals surface area contributed by atoms with E-state index in [1.54, 1.807) is 0 Å². The maximum Gasteiger partial charge on any atom is 0.114 e. The predicted octanol–water partition coefficient (Wildman–Crippen LogP) is 3.35. The van der Waals surface area contributed by atoms with Crippen LogP contribution in [0.25, 0.3) is 0 Å². The van der Waals surface area contributed by atoms with E-state index < -0.39 is 24.4 Å². The first-order valence-corrected chi connectivity index (χ1v) is 10.6. The van der Waals surface area contributed by atoms with Gasteiger partial charge >= 0.3 is 0 Å². The molecule has 0 spiro atoms. The largest absolute Gasteiger partial charge is 0.394 e. The van der Waals surface area contributed by atoms with Crippen LogP contribution in [0.1, 0.15) is 77.6 Å². The van der Waals surface area contributed by atoms with Gasteiger partial charge in [-0.25, -0.2) is 0 Å². The minimum atomic E-state index is -1.01. The number of ether oxygens (including phenoxy) is 2. The molecule has 0 radical (unpaired) electrons. The van der Waals surface area contributed by atoms with E-state index in [9.17, 15) is 15.3 Å². The van der Waals surface area contributed by atoms with E-state index in [0.717, 1.165) is 12.8 Å². The number of allylic oxidation sites excluding steroid dienone is 1. The molecule has 5 nitrogen and oxygen atoms in total. The number of hydrogen-bond acceptors (Lipinski definition) is 5. The van der Waals surface area contributed by atoms with Crippen molar-refractivity contribution in [3.63, 3.8) is 0 Å². The van der Waals surface area contributed by atoms with Gasteiger partial charge < -0.3 is 24.8 Å². The number of unbranched alkanes of at least 4 members (excludes halogenated alkanes) is 9. The highest BCUT2D eigenvalue weighted by molar-refractivity contribution is 4.88. The van der Waals surface area contributed by atoms with Crippen molar-refractivity contribution >= 4 is 0 Å². The second-order valence-electron chi connectivity index (χ2n) is 7.32. The Morgan fingerprint density at radius 1 is 0.923 bits per heavy atom. The highest BCUT2D eigenvalue weighted by Gasteiger charge is 2.39. The molecule has 1 aliphatic heterocycles. The fourth-order valence-electron chi connectivity index (χ4n) is 3.30. The van der Waals surface area contributed by atoms with Gasteiger partial charge in [0.25, 0.3) is 0 Å². The lowest BCUT2D eigenvalue weighted by atomic mass is 10.0. The Bertz CT molecular complexity index is 345. The van der Waals surface area contributed by atoms with Crippen molar-refractivity contribution in [3.8, 4) is 0 Å². The maximum absolute atomic E-state index is 9.96. The normalized spacial score (nSPS) is 26.6. The van der Waals surface area contributed by atoms with Crippen LogP contribution in [0.2, 0.25) is 0 Å². The van der Waals surface area contributed by atoms with Crippen LogP contribution < -0.4 is 0 Å². The lowest BCUT2D eigenvalue weighted by Crippen LogP contribution is -2.55. The lowest BCUT2D eigenvalue weighted by molar-refractivity contribution is -0.211. The second kappa shape index (κ2) is 15.6. The SMILES string of the molecule is CCCCCCCCCCC/C=C/CCO[C@@H]1[C@@H](O)[C@H](O)CO[C@H]1CO. The standard InChI is InChI=1S/C21H40O5/c1-2-3-4-5-6-7-8-9-10-11-12-13-14-15-25-21-19(16-22)26-17-18(23)20(21)24/h12-13,18-24H,2-11,14-17H2,1H3/b13-12+/t18-,19+,20+,21+/m1/s1. The average Bonchev–Trinajstić information content (AvgIpc) is 2.65. The van der Waals surface area contributed by atoms with Crippen LogP contribution in [0.3, 0.4) is 0 Å². The fraction of sp³-hybridized carbons (Fsp3) is 0.905. The van der Waals surface area contributed by atoms with Crippen LogP contribution in [0.15, 0.2) is 12.2 Å². The summed E-state index contributed by atoms with van der Waals surface area (Å²) in [6, 6.07) is 0. The number of aliphatic hydroxyl groups excluding tert-OH is 3. The fourth-order valence-corrected chi connectivity index (χ4v) is 3.30. The van der Waals surface area contributed by atoms with E-state index in [-0.39, 0.29) is 13.2 Å². The molecule has 0 aromatic rings. The molecule has 26 heavy (non-hydrogen) atoms. The van der Waals surface area contributed by atoms with Crippen molar-refractivity contribution in [3.05, 3.63) is 12.2 Å². The number of hydrogen-bond donors (Lipinski definition) is 3. The van der Waals surface area contributed by atoms with Crippen LogP contribution in [0.4, 0.5) is 0 Å². The van der Waals surface area contributed by atoms with Gasteiger partial charge in [0.1, 0.15) is 24.4 Å². The van der Waals surface area contributed by atoms with Gasteiger partial charge in [-0.3, -0.25) is 0 Å². The van der Waals surface area contributed by atoms with Crippen LogP contribution in [0.5, 0.6) is 0 Å². The summed E-state index contributed by atoms with van der Waals surface area (Å²) in [5.74, 6) is 0. The third-order valence-electron chi connectivity index (χ3n) is 4.99.